The minimum atomic E-state index is -0.340. The molecule has 1 aliphatic carbocycles. The summed E-state index contributed by atoms with van der Waals surface area (Å²) in [5, 5.41) is 3.14. The standard InChI is InChI=1S/C15H21NO2/c1-4-13(18-3)14(17)16-15(9-10-15)12-7-5-11(2)6-8-12/h5-8,13H,4,9-10H2,1-3H3,(H,16,17)/t13-/m1/s1. The van der Waals surface area contributed by atoms with Gasteiger partial charge in [-0.15, -0.1) is 0 Å². The second-order valence-corrected chi connectivity index (χ2v) is 5.07. The molecule has 0 aliphatic heterocycles. The highest BCUT2D eigenvalue weighted by Gasteiger charge is 2.46. The van der Waals surface area contributed by atoms with Crippen LogP contribution < -0.4 is 5.32 Å². The third-order valence-electron chi connectivity index (χ3n) is 3.66. The summed E-state index contributed by atoms with van der Waals surface area (Å²) in [7, 11) is 1.58. The first-order valence-electron chi connectivity index (χ1n) is 6.53. The van der Waals surface area contributed by atoms with Gasteiger partial charge in [-0.2, -0.15) is 0 Å². The summed E-state index contributed by atoms with van der Waals surface area (Å²) < 4.78 is 5.18. The number of benzene rings is 1. The first kappa shape index (κ1) is 13.1. The van der Waals surface area contributed by atoms with Gasteiger partial charge in [-0.3, -0.25) is 4.79 Å². The fourth-order valence-corrected chi connectivity index (χ4v) is 2.26. The van der Waals surface area contributed by atoms with Crippen LogP contribution in [0.25, 0.3) is 0 Å². The van der Waals surface area contributed by atoms with E-state index in [2.05, 4.69) is 36.5 Å². The van der Waals surface area contributed by atoms with Crippen LogP contribution in [0, 0.1) is 6.92 Å². The molecular weight excluding hydrogens is 226 g/mol. The zero-order chi connectivity index (χ0) is 13.2. The van der Waals surface area contributed by atoms with Gasteiger partial charge in [-0.05, 0) is 31.7 Å². The van der Waals surface area contributed by atoms with Gasteiger partial charge >= 0.3 is 0 Å². The van der Waals surface area contributed by atoms with E-state index in [0.717, 1.165) is 12.8 Å². The number of amides is 1. The molecule has 0 unspecified atom stereocenters. The summed E-state index contributed by atoms with van der Waals surface area (Å²) in [6.07, 6.45) is 2.39. The Balaban J connectivity index is 2.08. The lowest BCUT2D eigenvalue weighted by Crippen LogP contribution is -2.42. The van der Waals surface area contributed by atoms with Gasteiger partial charge in [0.25, 0.3) is 0 Å². The van der Waals surface area contributed by atoms with E-state index < -0.39 is 0 Å². The van der Waals surface area contributed by atoms with Gasteiger partial charge < -0.3 is 10.1 Å². The van der Waals surface area contributed by atoms with Crippen molar-refractivity contribution in [2.75, 3.05) is 7.11 Å². The van der Waals surface area contributed by atoms with Crippen LogP contribution in [0.2, 0.25) is 0 Å². The Morgan fingerprint density at radius 2 is 2.00 bits per heavy atom. The smallest absolute Gasteiger partial charge is 0.249 e. The highest BCUT2D eigenvalue weighted by atomic mass is 16.5. The quantitative estimate of drug-likeness (QED) is 0.868. The molecule has 1 fully saturated rings. The molecule has 0 bridgehead atoms. The van der Waals surface area contributed by atoms with Crippen LogP contribution in [0.4, 0.5) is 0 Å². The van der Waals surface area contributed by atoms with Crippen LogP contribution in [0.3, 0.4) is 0 Å². The van der Waals surface area contributed by atoms with Gasteiger partial charge in [0.2, 0.25) is 5.91 Å². The SMILES string of the molecule is CC[C@@H](OC)C(=O)NC1(c2ccc(C)cc2)CC1. The summed E-state index contributed by atoms with van der Waals surface area (Å²) in [5.74, 6) is -0.00178. The number of ether oxygens (including phenoxy) is 1. The lowest BCUT2D eigenvalue weighted by atomic mass is 10.0. The highest BCUT2D eigenvalue weighted by Crippen LogP contribution is 2.45. The molecule has 1 amide bonds. The van der Waals surface area contributed by atoms with Crippen molar-refractivity contribution in [3.8, 4) is 0 Å². The number of hydrogen-bond donors (Lipinski definition) is 1. The molecule has 0 aromatic heterocycles. The second kappa shape index (κ2) is 5.11. The topological polar surface area (TPSA) is 38.3 Å². The first-order chi connectivity index (χ1) is 8.61. The molecule has 3 nitrogen and oxygen atoms in total. The molecule has 1 saturated carbocycles. The third kappa shape index (κ3) is 2.56. The van der Waals surface area contributed by atoms with Crippen molar-refractivity contribution in [3.63, 3.8) is 0 Å². The largest absolute Gasteiger partial charge is 0.372 e. The lowest BCUT2D eigenvalue weighted by Gasteiger charge is -2.21. The van der Waals surface area contributed by atoms with Crippen molar-refractivity contribution >= 4 is 5.91 Å². The van der Waals surface area contributed by atoms with Crippen LogP contribution in [-0.2, 0) is 15.1 Å². The fourth-order valence-electron chi connectivity index (χ4n) is 2.26. The highest BCUT2D eigenvalue weighted by molar-refractivity contribution is 5.82. The molecule has 0 saturated heterocycles. The van der Waals surface area contributed by atoms with Crippen LogP contribution in [-0.4, -0.2) is 19.1 Å². The van der Waals surface area contributed by atoms with Gasteiger partial charge in [0, 0.05) is 7.11 Å². The molecule has 1 atom stereocenters. The molecule has 0 spiro atoms. The molecule has 1 N–H and O–H groups in total. The third-order valence-corrected chi connectivity index (χ3v) is 3.66. The van der Waals surface area contributed by atoms with Gasteiger partial charge in [-0.25, -0.2) is 0 Å². The molecule has 0 heterocycles. The van der Waals surface area contributed by atoms with E-state index in [0.29, 0.717) is 6.42 Å². The zero-order valence-electron chi connectivity index (χ0n) is 11.3. The molecule has 1 aliphatic rings. The Labute approximate surface area is 109 Å². The van der Waals surface area contributed by atoms with Crippen LogP contribution >= 0.6 is 0 Å². The van der Waals surface area contributed by atoms with Gasteiger partial charge in [0.05, 0.1) is 5.54 Å². The van der Waals surface area contributed by atoms with Gasteiger partial charge in [-0.1, -0.05) is 36.8 Å². The Morgan fingerprint density at radius 3 is 2.44 bits per heavy atom. The molecule has 18 heavy (non-hydrogen) atoms. The number of hydrogen-bond acceptors (Lipinski definition) is 2. The molecule has 3 heteroatoms. The van der Waals surface area contributed by atoms with Crippen molar-refractivity contribution in [3.05, 3.63) is 35.4 Å². The lowest BCUT2D eigenvalue weighted by molar-refractivity contribution is -0.132. The molecule has 2 rings (SSSR count). The summed E-state index contributed by atoms with van der Waals surface area (Å²) in [5.41, 5.74) is 2.30. The van der Waals surface area contributed by atoms with E-state index in [4.69, 9.17) is 4.74 Å². The second-order valence-electron chi connectivity index (χ2n) is 5.07. The van der Waals surface area contributed by atoms with Crippen molar-refractivity contribution in [1.29, 1.82) is 0 Å². The maximum absolute atomic E-state index is 12.1. The molecular formula is C15H21NO2. The predicted octanol–water partition coefficient (Wildman–Crippen LogP) is 2.53. The molecule has 1 aromatic rings. The maximum atomic E-state index is 12.1. The van der Waals surface area contributed by atoms with E-state index in [1.165, 1.54) is 11.1 Å². The van der Waals surface area contributed by atoms with Gasteiger partial charge in [0.1, 0.15) is 6.10 Å². The first-order valence-corrected chi connectivity index (χ1v) is 6.53. The summed E-state index contributed by atoms with van der Waals surface area (Å²) in [6, 6.07) is 8.40. The monoisotopic (exact) mass is 247 g/mol. The number of nitrogens with one attached hydrogen (secondary N) is 1. The molecule has 1 aromatic carbocycles. The Bertz CT molecular complexity index is 417. The van der Waals surface area contributed by atoms with Crippen molar-refractivity contribution in [2.45, 2.75) is 44.8 Å². The number of methoxy groups -OCH3 is 1. The van der Waals surface area contributed by atoms with Crippen LogP contribution in [0.5, 0.6) is 0 Å². The van der Waals surface area contributed by atoms with E-state index in [1.54, 1.807) is 7.11 Å². The molecule has 0 radical (unpaired) electrons. The minimum absolute atomic E-state index is 0.00178. The number of carbonyl (C=O) groups is 1. The van der Waals surface area contributed by atoms with E-state index >= 15 is 0 Å². The number of carbonyl (C=O) groups excluding carboxylic acids is 1. The van der Waals surface area contributed by atoms with Crippen molar-refractivity contribution < 1.29 is 9.53 Å². The van der Waals surface area contributed by atoms with Crippen LogP contribution in [0.15, 0.2) is 24.3 Å². The van der Waals surface area contributed by atoms with Gasteiger partial charge in [0.15, 0.2) is 0 Å². The molecule has 98 valence electrons. The fraction of sp³-hybridized carbons (Fsp3) is 0.533. The van der Waals surface area contributed by atoms with Crippen molar-refractivity contribution in [1.82, 2.24) is 5.32 Å². The Hall–Kier alpha value is -1.35. The average Bonchev–Trinajstić information content (AvgIpc) is 3.12. The summed E-state index contributed by atoms with van der Waals surface area (Å²) >= 11 is 0. The van der Waals surface area contributed by atoms with E-state index in [-0.39, 0.29) is 17.6 Å². The number of rotatable bonds is 5. The minimum Gasteiger partial charge on any atom is -0.372 e. The zero-order valence-corrected chi connectivity index (χ0v) is 11.3. The summed E-state index contributed by atoms with van der Waals surface area (Å²) in [4.78, 5) is 12.1. The maximum Gasteiger partial charge on any atom is 0.249 e. The van der Waals surface area contributed by atoms with Crippen LogP contribution in [0.1, 0.15) is 37.3 Å². The average molecular weight is 247 g/mol. The Morgan fingerprint density at radius 1 is 1.39 bits per heavy atom. The summed E-state index contributed by atoms with van der Waals surface area (Å²) in [6.45, 7) is 4.03. The van der Waals surface area contributed by atoms with Crippen molar-refractivity contribution in [2.24, 2.45) is 0 Å². The van der Waals surface area contributed by atoms with E-state index in [9.17, 15) is 4.79 Å². The normalized spacial score (nSPS) is 18.2. The Kier molecular flexibility index (Phi) is 3.71. The number of aryl methyl sites for hydroxylation is 1. The van der Waals surface area contributed by atoms with E-state index in [1.807, 2.05) is 6.92 Å². The predicted molar refractivity (Wildman–Crippen MR) is 71.3 cm³/mol.